The summed E-state index contributed by atoms with van der Waals surface area (Å²) in [5.41, 5.74) is 6.05. The lowest BCUT2D eigenvalue weighted by Gasteiger charge is -2.01. The second kappa shape index (κ2) is 4.77. The first-order valence-corrected chi connectivity index (χ1v) is 3.98. The molecule has 0 fully saturated rings. The molecule has 0 atom stereocenters. The van der Waals surface area contributed by atoms with Crippen LogP contribution in [0.3, 0.4) is 0 Å². The van der Waals surface area contributed by atoms with Gasteiger partial charge in [-0.05, 0) is 12.0 Å². The highest BCUT2D eigenvalue weighted by atomic mass is 16.5. The Bertz CT molecular complexity index is 457. The number of rotatable bonds is 1. The van der Waals surface area contributed by atoms with E-state index in [2.05, 4.69) is 21.6 Å². The van der Waals surface area contributed by atoms with E-state index in [1.54, 1.807) is 0 Å². The lowest BCUT2D eigenvalue weighted by atomic mass is 10.2. The Hall–Kier alpha value is -2.35. The van der Waals surface area contributed by atoms with Crippen molar-refractivity contribution in [1.82, 2.24) is 4.98 Å². The lowest BCUT2D eigenvalue weighted by Crippen LogP contribution is -2.04. The van der Waals surface area contributed by atoms with Gasteiger partial charge in [0.15, 0.2) is 6.29 Å². The van der Waals surface area contributed by atoms with E-state index < -0.39 is 5.97 Å². The summed E-state index contributed by atoms with van der Waals surface area (Å²) < 4.78 is 4.50. The van der Waals surface area contributed by atoms with Gasteiger partial charge in [0.05, 0.1) is 18.2 Å². The molecule has 1 heterocycles. The third-order valence-electron chi connectivity index (χ3n) is 1.61. The summed E-state index contributed by atoms with van der Waals surface area (Å²) in [4.78, 5) is 24.9. The molecule has 2 N–H and O–H groups in total. The number of nitrogens with zero attached hydrogens (tertiary/aromatic N) is 1. The number of carbonyl (C=O) groups excluding carboxylic acids is 2. The molecule has 1 aromatic heterocycles. The molecule has 5 nitrogen and oxygen atoms in total. The van der Waals surface area contributed by atoms with Crippen molar-refractivity contribution in [3.8, 4) is 11.8 Å². The third-order valence-corrected chi connectivity index (χ3v) is 1.61. The normalized spacial score (nSPS) is 8.60. The first-order valence-electron chi connectivity index (χ1n) is 3.98. The number of anilines is 1. The Morgan fingerprint density at radius 2 is 2.40 bits per heavy atom. The highest BCUT2D eigenvalue weighted by Gasteiger charge is 2.07. The van der Waals surface area contributed by atoms with Crippen molar-refractivity contribution in [2.75, 3.05) is 12.8 Å². The van der Waals surface area contributed by atoms with Gasteiger partial charge in [-0.1, -0.05) is 5.92 Å². The standard InChI is InChI=1S/C10H8N2O3/c1-15-10(14)8-5-7(3-2-4-13)9(11)12-6-8/h4-6H,1H3,(H2,11,12). The fourth-order valence-electron chi connectivity index (χ4n) is 0.912. The summed E-state index contributed by atoms with van der Waals surface area (Å²) in [5.74, 6) is 4.29. The van der Waals surface area contributed by atoms with E-state index in [9.17, 15) is 9.59 Å². The van der Waals surface area contributed by atoms with E-state index in [0.717, 1.165) is 0 Å². The molecule has 0 saturated carbocycles. The Kier molecular flexibility index (Phi) is 3.41. The first kappa shape index (κ1) is 10.7. The number of ether oxygens (including phenoxy) is 1. The minimum atomic E-state index is -0.531. The van der Waals surface area contributed by atoms with Gasteiger partial charge in [0.1, 0.15) is 5.82 Å². The lowest BCUT2D eigenvalue weighted by molar-refractivity contribution is -0.103. The van der Waals surface area contributed by atoms with Crippen LogP contribution in [0.2, 0.25) is 0 Å². The van der Waals surface area contributed by atoms with Gasteiger partial charge in [-0.3, -0.25) is 4.79 Å². The van der Waals surface area contributed by atoms with Crippen molar-refractivity contribution in [2.45, 2.75) is 0 Å². The van der Waals surface area contributed by atoms with E-state index in [4.69, 9.17) is 5.73 Å². The number of nitrogens with two attached hydrogens (primary N) is 1. The van der Waals surface area contributed by atoms with Crippen LogP contribution in [0.4, 0.5) is 5.82 Å². The molecule has 15 heavy (non-hydrogen) atoms. The summed E-state index contributed by atoms with van der Waals surface area (Å²) >= 11 is 0. The molecule has 0 saturated heterocycles. The number of hydrogen-bond acceptors (Lipinski definition) is 5. The molecule has 0 amide bonds. The van der Waals surface area contributed by atoms with Crippen molar-refractivity contribution in [3.63, 3.8) is 0 Å². The molecular formula is C10H8N2O3. The number of aldehydes is 1. The maximum atomic E-state index is 11.1. The number of aromatic nitrogens is 1. The second-order valence-electron chi connectivity index (χ2n) is 2.54. The van der Waals surface area contributed by atoms with Crippen molar-refractivity contribution >= 4 is 18.1 Å². The summed E-state index contributed by atoms with van der Waals surface area (Å²) in [5, 5.41) is 0. The van der Waals surface area contributed by atoms with Gasteiger partial charge in [-0.25, -0.2) is 9.78 Å². The molecule has 0 aromatic carbocycles. The molecule has 0 radical (unpaired) electrons. The molecule has 0 aliphatic carbocycles. The van der Waals surface area contributed by atoms with Gasteiger partial charge < -0.3 is 10.5 Å². The molecule has 0 bridgehead atoms. The molecular weight excluding hydrogens is 196 g/mol. The van der Waals surface area contributed by atoms with Crippen molar-refractivity contribution in [2.24, 2.45) is 0 Å². The van der Waals surface area contributed by atoms with Crippen molar-refractivity contribution in [1.29, 1.82) is 0 Å². The van der Waals surface area contributed by atoms with Gasteiger partial charge in [-0.2, -0.15) is 0 Å². The summed E-state index contributed by atoms with van der Waals surface area (Å²) in [6.07, 6.45) is 1.72. The maximum absolute atomic E-state index is 11.1. The van der Waals surface area contributed by atoms with Gasteiger partial charge >= 0.3 is 5.97 Å². The Morgan fingerprint density at radius 1 is 1.67 bits per heavy atom. The van der Waals surface area contributed by atoms with E-state index >= 15 is 0 Å². The van der Waals surface area contributed by atoms with Crippen LogP contribution in [0.5, 0.6) is 0 Å². The molecule has 0 spiro atoms. The van der Waals surface area contributed by atoms with E-state index in [-0.39, 0.29) is 11.4 Å². The van der Waals surface area contributed by atoms with Crippen LogP contribution >= 0.6 is 0 Å². The van der Waals surface area contributed by atoms with Crippen LogP contribution in [0, 0.1) is 11.8 Å². The number of esters is 1. The zero-order chi connectivity index (χ0) is 11.3. The average molecular weight is 204 g/mol. The zero-order valence-electron chi connectivity index (χ0n) is 7.98. The molecule has 1 rings (SSSR count). The highest BCUT2D eigenvalue weighted by Crippen LogP contribution is 2.10. The van der Waals surface area contributed by atoms with E-state index in [1.807, 2.05) is 0 Å². The van der Waals surface area contributed by atoms with E-state index in [0.29, 0.717) is 11.8 Å². The predicted molar refractivity (Wildman–Crippen MR) is 52.9 cm³/mol. The SMILES string of the molecule is COC(=O)c1cnc(N)c(C#CC=O)c1. The first-order chi connectivity index (χ1) is 7.19. The molecule has 1 aromatic rings. The smallest absolute Gasteiger partial charge is 0.339 e. The number of pyridine rings is 1. The fraction of sp³-hybridized carbons (Fsp3) is 0.100. The van der Waals surface area contributed by atoms with Crippen molar-refractivity contribution < 1.29 is 14.3 Å². The van der Waals surface area contributed by atoms with Gasteiger partial charge in [0.2, 0.25) is 0 Å². The van der Waals surface area contributed by atoms with Crippen LogP contribution in [0.25, 0.3) is 0 Å². The number of hydrogen-bond donors (Lipinski definition) is 1. The Morgan fingerprint density at radius 3 is 3.00 bits per heavy atom. The number of methoxy groups -OCH3 is 1. The van der Waals surface area contributed by atoms with Crippen LogP contribution < -0.4 is 5.73 Å². The number of carbonyl (C=O) groups is 2. The minimum absolute atomic E-state index is 0.164. The molecule has 0 unspecified atom stereocenters. The van der Waals surface area contributed by atoms with Crippen molar-refractivity contribution in [3.05, 3.63) is 23.4 Å². The van der Waals surface area contributed by atoms with Crippen LogP contribution in [0.1, 0.15) is 15.9 Å². The van der Waals surface area contributed by atoms with Crippen LogP contribution in [-0.4, -0.2) is 24.3 Å². The Balaban J connectivity index is 3.16. The summed E-state index contributed by atoms with van der Waals surface area (Å²) in [6, 6.07) is 1.42. The zero-order valence-corrected chi connectivity index (χ0v) is 7.98. The summed E-state index contributed by atoms with van der Waals surface area (Å²) in [7, 11) is 1.26. The monoisotopic (exact) mass is 204 g/mol. The third kappa shape index (κ3) is 2.54. The number of nitrogen functional groups attached to an aromatic ring is 1. The molecule has 0 aliphatic rings. The summed E-state index contributed by atoms with van der Waals surface area (Å²) in [6.45, 7) is 0. The average Bonchev–Trinajstić information content (AvgIpc) is 2.27. The van der Waals surface area contributed by atoms with Gasteiger partial charge in [0.25, 0.3) is 0 Å². The van der Waals surface area contributed by atoms with Gasteiger partial charge in [-0.15, -0.1) is 0 Å². The maximum Gasteiger partial charge on any atom is 0.339 e. The van der Waals surface area contributed by atoms with Crippen LogP contribution in [0.15, 0.2) is 12.3 Å². The highest BCUT2D eigenvalue weighted by molar-refractivity contribution is 5.90. The quantitative estimate of drug-likeness (QED) is 0.395. The topological polar surface area (TPSA) is 82.3 Å². The molecule has 0 aliphatic heterocycles. The van der Waals surface area contributed by atoms with Gasteiger partial charge in [0, 0.05) is 6.20 Å². The Labute approximate surface area is 86.3 Å². The second-order valence-corrected chi connectivity index (χ2v) is 2.54. The van der Waals surface area contributed by atoms with E-state index in [1.165, 1.54) is 19.4 Å². The molecule has 76 valence electrons. The minimum Gasteiger partial charge on any atom is -0.465 e. The fourth-order valence-corrected chi connectivity index (χ4v) is 0.912. The molecule has 5 heteroatoms. The largest absolute Gasteiger partial charge is 0.465 e. The predicted octanol–water partition coefficient (Wildman–Crippen LogP) is 0.000800. The van der Waals surface area contributed by atoms with Crippen LogP contribution in [-0.2, 0) is 9.53 Å².